The van der Waals surface area contributed by atoms with E-state index in [0.29, 0.717) is 29.2 Å². The Kier molecular flexibility index (Phi) is 7.59. The second kappa shape index (κ2) is 10.8. The van der Waals surface area contributed by atoms with E-state index in [9.17, 15) is 4.79 Å². The highest BCUT2D eigenvalue weighted by molar-refractivity contribution is 8.16. The second-order valence-electron chi connectivity index (χ2n) is 7.39. The first-order valence-electron chi connectivity index (χ1n) is 10.4. The fraction of sp³-hybridized carbons (Fsp3) is 0.333. The molecule has 0 radical (unpaired) electrons. The fourth-order valence-corrected chi connectivity index (χ4v) is 6.08. The number of nitrogens with one attached hydrogen (secondary N) is 1. The summed E-state index contributed by atoms with van der Waals surface area (Å²) in [5.74, 6) is 3.60. The quantitative estimate of drug-likeness (QED) is 0.501. The first-order chi connectivity index (χ1) is 15.2. The van der Waals surface area contributed by atoms with E-state index < -0.39 is 0 Å². The smallest absolute Gasteiger partial charge is 0.257 e. The molecule has 162 valence electrons. The molecule has 5 nitrogen and oxygen atoms in total. The van der Waals surface area contributed by atoms with E-state index in [1.165, 1.54) is 29.1 Å². The third kappa shape index (κ3) is 6.31. The van der Waals surface area contributed by atoms with Crippen molar-refractivity contribution in [2.45, 2.75) is 24.3 Å². The van der Waals surface area contributed by atoms with Crippen LogP contribution >= 0.6 is 23.5 Å². The van der Waals surface area contributed by atoms with Gasteiger partial charge in [0.05, 0.1) is 10.3 Å². The van der Waals surface area contributed by atoms with Crippen LogP contribution in [0.4, 0.5) is 0 Å². The fourth-order valence-electron chi connectivity index (χ4n) is 3.18. The van der Waals surface area contributed by atoms with E-state index in [1.54, 1.807) is 6.26 Å². The maximum atomic E-state index is 12.1. The molecule has 0 unspecified atom stereocenters. The Morgan fingerprint density at radius 3 is 2.61 bits per heavy atom. The number of thioether (sulfide) groups is 2. The molecule has 2 aromatic carbocycles. The van der Waals surface area contributed by atoms with Gasteiger partial charge in [-0.15, -0.1) is 23.5 Å². The van der Waals surface area contributed by atoms with E-state index in [2.05, 4.69) is 22.4 Å². The summed E-state index contributed by atoms with van der Waals surface area (Å²) in [7, 11) is 0. The molecule has 0 aliphatic carbocycles. The normalized spacial score (nSPS) is 14.4. The van der Waals surface area contributed by atoms with Crippen molar-refractivity contribution in [1.82, 2.24) is 10.3 Å². The average Bonchev–Trinajstić information content (AvgIpc) is 3.28. The summed E-state index contributed by atoms with van der Waals surface area (Å²) in [4.78, 5) is 16.6. The number of amides is 1. The molecule has 1 aromatic heterocycles. The van der Waals surface area contributed by atoms with Crippen LogP contribution < -0.4 is 10.1 Å². The minimum absolute atomic E-state index is 0.000291. The molecule has 7 heteroatoms. The zero-order chi connectivity index (χ0) is 21.5. The molecule has 0 spiro atoms. The van der Waals surface area contributed by atoms with Gasteiger partial charge < -0.3 is 14.5 Å². The van der Waals surface area contributed by atoms with Crippen molar-refractivity contribution in [2.75, 3.05) is 24.7 Å². The Balaban J connectivity index is 1.18. The molecule has 1 aliphatic heterocycles. The van der Waals surface area contributed by atoms with Crippen LogP contribution in [0.5, 0.6) is 5.75 Å². The Bertz CT molecular complexity index is 981. The van der Waals surface area contributed by atoms with Crippen molar-refractivity contribution >= 4 is 29.4 Å². The van der Waals surface area contributed by atoms with Gasteiger partial charge in [0, 0.05) is 18.5 Å². The van der Waals surface area contributed by atoms with Gasteiger partial charge in [0.15, 0.2) is 6.61 Å². The summed E-state index contributed by atoms with van der Waals surface area (Å²) in [6.45, 7) is 2.53. The molecule has 0 atom stereocenters. The number of rotatable bonds is 8. The van der Waals surface area contributed by atoms with E-state index in [4.69, 9.17) is 9.15 Å². The maximum absolute atomic E-state index is 12.1. The van der Waals surface area contributed by atoms with E-state index in [1.807, 2.05) is 66.8 Å². The van der Waals surface area contributed by atoms with E-state index in [-0.39, 0.29) is 12.5 Å². The Morgan fingerprint density at radius 1 is 1.13 bits per heavy atom. The van der Waals surface area contributed by atoms with Crippen LogP contribution in [0.3, 0.4) is 0 Å². The predicted octanol–water partition coefficient (Wildman–Crippen LogP) is 5.26. The molecular weight excluding hydrogens is 428 g/mol. The lowest BCUT2D eigenvalue weighted by atomic mass is 10.1. The molecule has 1 saturated heterocycles. The standard InChI is InChI=1S/C24H26N2O3S2/c1-17-3-5-18(6-4-17)23-26-20(15-29-23)11-12-25-22(27)16-28-21-9-7-19(8-10-21)24-30-13-2-14-31-24/h3-10,15,24H,2,11-14,16H2,1H3,(H,25,27). The van der Waals surface area contributed by atoms with Crippen LogP contribution in [-0.4, -0.2) is 35.5 Å². The molecule has 1 amide bonds. The molecule has 4 rings (SSSR count). The number of aryl methyl sites for hydroxylation is 1. The molecule has 0 saturated carbocycles. The van der Waals surface area contributed by atoms with Gasteiger partial charge in [-0.1, -0.05) is 29.8 Å². The number of carbonyl (C=O) groups is 1. The third-order valence-electron chi connectivity index (χ3n) is 4.90. The first-order valence-corrected chi connectivity index (χ1v) is 12.5. The van der Waals surface area contributed by atoms with Crippen molar-refractivity contribution in [3.05, 3.63) is 71.6 Å². The molecule has 1 aliphatic rings. The van der Waals surface area contributed by atoms with Crippen molar-refractivity contribution in [1.29, 1.82) is 0 Å². The summed E-state index contributed by atoms with van der Waals surface area (Å²) in [5.41, 5.74) is 4.26. The van der Waals surface area contributed by atoms with Gasteiger partial charge in [-0.3, -0.25) is 4.79 Å². The Hall–Kier alpha value is -2.38. The number of carbonyl (C=O) groups excluding carboxylic acids is 1. The summed E-state index contributed by atoms with van der Waals surface area (Å²) < 4.78 is 11.7. The number of nitrogens with zero attached hydrogens (tertiary/aromatic N) is 1. The molecule has 1 fully saturated rings. The SMILES string of the molecule is Cc1ccc(-c2nc(CCNC(=O)COc3ccc(C4SCCCS4)cc3)co2)cc1. The lowest BCUT2D eigenvalue weighted by Crippen LogP contribution is -2.30. The van der Waals surface area contributed by atoms with Crippen LogP contribution in [0.2, 0.25) is 0 Å². The Labute approximate surface area is 191 Å². The average molecular weight is 455 g/mol. The number of hydrogen-bond donors (Lipinski definition) is 1. The highest BCUT2D eigenvalue weighted by Crippen LogP contribution is 2.43. The molecular formula is C24H26N2O3S2. The lowest BCUT2D eigenvalue weighted by Gasteiger charge is -2.21. The third-order valence-corrected chi connectivity index (χ3v) is 7.92. The zero-order valence-electron chi connectivity index (χ0n) is 17.5. The monoisotopic (exact) mass is 454 g/mol. The van der Waals surface area contributed by atoms with Crippen LogP contribution in [0.1, 0.15) is 27.8 Å². The first kappa shape index (κ1) is 21.8. The minimum Gasteiger partial charge on any atom is -0.484 e. The van der Waals surface area contributed by atoms with E-state index >= 15 is 0 Å². The predicted molar refractivity (Wildman–Crippen MR) is 128 cm³/mol. The van der Waals surface area contributed by atoms with Gasteiger partial charge in [-0.2, -0.15) is 0 Å². The van der Waals surface area contributed by atoms with Crippen LogP contribution in [-0.2, 0) is 11.2 Å². The topological polar surface area (TPSA) is 64.4 Å². The number of ether oxygens (including phenoxy) is 1. The molecule has 31 heavy (non-hydrogen) atoms. The summed E-state index contributed by atoms with van der Waals surface area (Å²) in [5, 5.41) is 2.87. The van der Waals surface area contributed by atoms with Crippen molar-refractivity contribution in [3.8, 4) is 17.2 Å². The van der Waals surface area contributed by atoms with Gasteiger partial charge >= 0.3 is 0 Å². The van der Waals surface area contributed by atoms with Crippen molar-refractivity contribution < 1.29 is 13.9 Å². The minimum atomic E-state index is -0.148. The van der Waals surface area contributed by atoms with E-state index in [0.717, 1.165) is 11.3 Å². The van der Waals surface area contributed by atoms with Gasteiger partial charge in [0.25, 0.3) is 5.91 Å². The highest BCUT2D eigenvalue weighted by Gasteiger charge is 2.16. The summed E-state index contributed by atoms with van der Waals surface area (Å²) in [6.07, 6.45) is 3.53. The second-order valence-corrected chi connectivity index (χ2v) is 10.1. The Morgan fingerprint density at radius 2 is 1.87 bits per heavy atom. The lowest BCUT2D eigenvalue weighted by molar-refractivity contribution is -0.123. The van der Waals surface area contributed by atoms with Crippen LogP contribution in [0.15, 0.2) is 59.2 Å². The number of oxazole rings is 1. The summed E-state index contributed by atoms with van der Waals surface area (Å²) >= 11 is 3.99. The zero-order valence-corrected chi connectivity index (χ0v) is 19.1. The number of hydrogen-bond acceptors (Lipinski definition) is 6. The number of benzene rings is 2. The molecule has 0 bridgehead atoms. The van der Waals surface area contributed by atoms with Gasteiger partial charge in [0.1, 0.15) is 12.0 Å². The largest absolute Gasteiger partial charge is 0.484 e. The van der Waals surface area contributed by atoms with Gasteiger partial charge in [0.2, 0.25) is 5.89 Å². The van der Waals surface area contributed by atoms with Gasteiger partial charge in [-0.25, -0.2) is 4.98 Å². The highest BCUT2D eigenvalue weighted by atomic mass is 32.2. The van der Waals surface area contributed by atoms with Crippen LogP contribution in [0.25, 0.3) is 11.5 Å². The molecule has 3 aromatic rings. The van der Waals surface area contributed by atoms with Gasteiger partial charge in [-0.05, 0) is 54.7 Å². The van der Waals surface area contributed by atoms with Crippen molar-refractivity contribution in [2.24, 2.45) is 0 Å². The molecule has 2 heterocycles. The number of aromatic nitrogens is 1. The van der Waals surface area contributed by atoms with Crippen LogP contribution in [0, 0.1) is 6.92 Å². The van der Waals surface area contributed by atoms with Crippen molar-refractivity contribution in [3.63, 3.8) is 0 Å². The maximum Gasteiger partial charge on any atom is 0.257 e. The molecule has 1 N–H and O–H groups in total. The summed E-state index contributed by atoms with van der Waals surface area (Å²) in [6, 6.07) is 16.1.